The van der Waals surface area contributed by atoms with Crippen molar-refractivity contribution in [3.63, 3.8) is 0 Å². The molecule has 0 aliphatic carbocycles. The molecule has 3 rings (SSSR count). The average Bonchev–Trinajstić information content (AvgIpc) is 2.73. The van der Waals surface area contributed by atoms with Crippen LogP contribution in [-0.4, -0.2) is 31.6 Å². The smallest absolute Gasteiger partial charge is 0.335 e. The van der Waals surface area contributed by atoms with Gasteiger partial charge in [-0.15, -0.1) is 0 Å². The number of carbonyl (C=O) groups excluding carboxylic acids is 3. The minimum atomic E-state index is -0.836. The Morgan fingerprint density at radius 2 is 1.94 bits per heavy atom. The molecular weight excluding hydrogens is 488 g/mol. The number of ether oxygens (including phenoxy) is 2. The Kier molecular flexibility index (Phi) is 7.02. The van der Waals surface area contributed by atoms with Crippen molar-refractivity contribution in [1.82, 2.24) is 5.32 Å². The lowest BCUT2D eigenvalue weighted by molar-refractivity contribution is -0.122. The van der Waals surface area contributed by atoms with Gasteiger partial charge in [0.05, 0.1) is 19.4 Å². The molecule has 2 aromatic rings. The predicted molar refractivity (Wildman–Crippen MR) is 122 cm³/mol. The molecule has 1 fully saturated rings. The fraction of sp³-hybridized carbons (Fsp3) is 0.227. The molecule has 1 heterocycles. The third-order valence-corrected chi connectivity index (χ3v) is 5.72. The molecule has 7 nitrogen and oxygen atoms in total. The highest BCUT2D eigenvalue weighted by atomic mass is 79.9. The topological polar surface area (TPSA) is 84.9 Å². The Morgan fingerprint density at radius 3 is 2.61 bits per heavy atom. The summed E-state index contributed by atoms with van der Waals surface area (Å²) in [5, 5.41) is 2.61. The first kappa shape index (κ1) is 22.8. The molecule has 9 heteroatoms. The summed E-state index contributed by atoms with van der Waals surface area (Å²) < 4.78 is 11.6. The zero-order valence-electron chi connectivity index (χ0n) is 17.1. The molecule has 0 atom stereocenters. The molecule has 0 unspecified atom stereocenters. The second-order valence-corrected chi connectivity index (χ2v) is 7.98. The molecule has 0 aromatic heterocycles. The van der Waals surface area contributed by atoms with Gasteiger partial charge in [-0.1, -0.05) is 40.5 Å². The number of methoxy groups -OCH3 is 1. The molecule has 31 heavy (non-hydrogen) atoms. The van der Waals surface area contributed by atoms with Crippen LogP contribution in [0.3, 0.4) is 0 Å². The van der Waals surface area contributed by atoms with Crippen LogP contribution in [0.5, 0.6) is 11.5 Å². The van der Waals surface area contributed by atoms with Crippen molar-refractivity contribution in [2.45, 2.75) is 20.3 Å². The SMILES string of the molecule is CCCOc1cc(Br)c(/C=C2/C(=O)NC(=O)N(c3cccc(Cl)c3C)C2=O)cc1OC. The van der Waals surface area contributed by atoms with Crippen LogP contribution < -0.4 is 19.7 Å². The number of carbonyl (C=O) groups is 3. The molecule has 162 valence electrons. The van der Waals surface area contributed by atoms with E-state index in [1.807, 2.05) is 6.92 Å². The van der Waals surface area contributed by atoms with Crippen molar-refractivity contribution < 1.29 is 23.9 Å². The summed E-state index contributed by atoms with van der Waals surface area (Å²) in [5.74, 6) is -0.561. The molecule has 0 radical (unpaired) electrons. The van der Waals surface area contributed by atoms with Crippen molar-refractivity contribution in [2.75, 3.05) is 18.6 Å². The number of hydrogen-bond acceptors (Lipinski definition) is 5. The first-order valence-electron chi connectivity index (χ1n) is 9.45. The lowest BCUT2D eigenvalue weighted by atomic mass is 10.1. The van der Waals surface area contributed by atoms with Gasteiger partial charge in [-0.25, -0.2) is 9.69 Å². The zero-order chi connectivity index (χ0) is 22.7. The maximum Gasteiger partial charge on any atom is 0.335 e. The minimum absolute atomic E-state index is 0.205. The van der Waals surface area contributed by atoms with E-state index in [0.29, 0.717) is 44.4 Å². The van der Waals surface area contributed by atoms with Crippen LogP contribution >= 0.6 is 27.5 Å². The van der Waals surface area contributed by atoms with E-state index >= 15 is 0 Å². The first-order valence-corrected chi connectivity index (χ1v) is 10.6. The van der Waals surface area contributed by atoms with Gasteiger partial charge in [-0.3, -0.25) is 14.9 Å². The summed E-state index contributed by atoms with van der Waals surface area (Å²) in [6, 6.07) is 7.38. The van der Waals surface area contributed by atoms with E-state index < -0.39 is 17.8 Å². The van der Waals surface area contributed by atoms with Gasteiger partial charge in [0.25, 0.3) is 11.8 Å². The van der Waals surface area contributed by atoms with E-state index in [1.54, 1.807) is 37.3 Å². The fourth-order valence-corrected chi connectivity index (χ4v) is 3.62. The Labute approximate surface area is 193 Å². The number of amides is 4. The lowest BCUT2D eigenvalue weighted by Gasteiger charge is -2.27. The zero-order valence-corrected chi connectivity index (χ0v) is 19.5. The highest BCUT2D eigenvalue weighted by molar-refractivity contribution is 9.10. The molecule has 0 bridgehead atoms. The van der Waals surface area contributed by atoms with E-state index in [1.165, 1.54) is 13.2 Å². The number of anilines is 1. The van der Waals surface area contributed by atoms with Gasteiger partial charge in [-0.2, -0.15) is 0 Å². The molecule has 2 aromatic carbocycles. The maximum atomic E-state index is 13.2. The van der Waals surface area contributed by atoms with Gasteiger partial charge < -0.3 is 9.47 Å². The van der Waals surface area contributed by atoms with Crippen LogP contribution in [0.25, 0.3) is 6.08 Å². The number of rotatable bonds is 6. The number of halogens is 2. The van der Waals surface area contributed by atoms with Crippen LogP contribution in [0.15, 0.2) is 40.4 Å². The van der Waals surface area contributed by atoms with Crippen LogP contribution in [0.1, 0.15) is 24.5 Å². The Bertz CT molecular complexity index is 1100. The van der Waals surface area contributed by atoms with E-state index in [-0.39, 0.29) is 5.57 Å². The number of benzene rings is 2. The van der Waals surface area contributed by atoms with Gasteiger partial charge in [0.1, 0.15) is 5.57 Å². The largest absolute Gasteiger partial charge is 0.493 e. The molecule has 0 spiro atoms. The molecule has 1 N–H and O–H groups in total. The number of nitrogens with zero attached hydrogens (tertiary/aromatic N) is 1. The van der Waals surface area contributed by atoms with Crippen LogP contribution in [0.4, 0.5) is 10.5 Å². The average molecular weight is 508 g/mol. The quantitative estimate of drug-likeness (QED) is 0.445. The summed E-state index contributed by atoms with van der Waals surface area (Å²) in [7, 11) is 1.50. The van der Waals surface area contributed by atoms with Crippen LogP contribution in [0, 0.1) is 6.92 Å². The van der Waals surface area contributed by atoms with E-state index in [9.17, 15) is 14.4 Å². The number of hydrogen-bond donors (Lipinski definition) is 1. The lowest BCUT2D eigenvalue weighted by Crippen LogP contribution is -2.54. The summed E-state index contributed by atoms with van der Waals surface area (Å²) >= 11 is 9.59. The van der Waals surface area contributed by atoms with Gasteiger partial charge in [0.2, 0.25) is 0 Å². The summed E-state index contributed by atoms with van der Waals surface area (Å²) in [4.78, 5) is 39.0. The van der Waals surface area contributed by atoms with Crippen LogP contribution in [0.2, 0.25) is 5.02 Å². The molecule has 1 aliphatic rings. The summed E-state index contributed by atoms with van der Waals surface area (Å²) in [6.07, 6.45) is 2.22. The number of barbiturate groups is 1. The molecule has 1 aliphatic heterocycles. The molecule has 4 amide bonds. The van der Waals surface area contributed by atoms with Crippen LogP contribution in [-0.2, 0) is 9.59 Å². The Morgan fingerprint density at radius 1 is 1.19 bits per heavy atom. The Balaban J connectivity index is 2.05. The van der Waals surface area contributed by atoms with Crippen molar-refractivity contribution in [2.24, 2.45) is 0 Å². The van der Waals surface area contributed by atoms with Gasteiger partial charge in [0.15, 0.2) is 11.5 Å². The third-order valence-electron chi connectivity index (χ3n) is 4.63. The highest BCUT2D eigenvalue weighted by Crippen LogP contribution is 2.36. The number of imide groups is 2. The highest BCUT2D eigenvalue weighted by Gasteiger charge is 2.37. The monoisotopic (exact) mass is 506 g/mol. The Hall–Kier alpha value is -2.84. The molecular formula is C22H20BrClN2O5. The second-order valence-electron chi connectivity index (χ2n) is 6.71. The van der Waals surface area contributed by atoms with E-state index in [4.69, 9.17) is 21.1 Å². The fourth-order valence-electron chi connectivity index (χ4n) is 3.02. The van der Waals surface area contributed by atoms with E-state index in [2.05, 4.69) is 21.2 Å². The summed E-state index contributed by atoms with van der Waals surface area (Å²) in [6.45, 7) is 4.19. The summed E-state index contributed by atoms with van der Waals surface area (Å²) in [5.41, 5.74) is 1.15. The minimum Gasteiger partial charge on any atom is -0.493 e. The molecule has 1 saturated heterocycles. The number of nitrogens with one attached hydrogen (secondary N) is 1. The first-order chi connectivity index (χ1) is 14.8. The van der Waals surface area contributed by atoms with Crippen molar-refractivity contribution in [3.8, 4) is 11.5 Å². The van der Waals surface area contributed by atoms with E-state index in [0.717, 1.165) is 11.3 Å². The van der Waals surface area contributed by atoms with Crippen molar-refractivity contribution in [1.29, 1.82) is 0 Å². The van der Waals surface area contributed by atoms with Gasteiger partial charge in [0, 0.05) is 9.50 Å². The van der Waals surface area contributed by atoms with Crippen molar-refractivity contribution >= 4 is 57.1 Å². The molecule has 0 saturated carbocycles. The van der Waals surface area contributed by atoms with Gasteiger partial charge >= 0.3 is 6.03 Å². The standard InChI is InChI=1S/C22H20BrClN2O5/c1-4-8-31-19-11-15(23)13(10-18(19)30-3)9-14-20(27)25-22(29)26(21(14)28)17-7-5-6-16(24)12(17)2/h5-7,9-11H,4,8H2,1-3H3,(H,25,27,29)/b14-9-. The third kappa shape index (κ3) is 4.60. The normalized spacial score (nSPS) is 15.3. The number of urea groups is 1. The van der Waals surface area contributed by atoms with Crippen molar-refractivity contribution in [3.05, 3.63) is 56.5 Å². The van der Waals surface area contributed by atoms with Gasteiger partial charge in [-0.05, 0) is 54.8 Å². The maximum absolute atomic E-state index is 13.2. The second kappa shape index (κ2) is 9.53. The predicted octanol–water partition coefficient (Wildman–Crippen LogP) is 4.87.